The summed E-state index contributed by atoms with van der Waals surface area (Å²) >= 11 is 0. The number of ether oxygens (including phenoxy) is 5. The highest BCUT2D eigenvalue weighted by molar-refractivity contribution is 5.87. The monoisotopic (exact) mass is 369 g/mol. The van der Waals surface area contributed by atoms with E-state index in [2.05, 4.69) is 4.98 Å². The fourth-order valence-electron chi connectivity index (χ4n) is 3.00. The lowest BCUT2D eigenvalue weighted by atomic mass is 10.0. The molecule has 1 aromatic carbocycles. The molecule has 0 radical (unpaired) electrons. The summed E-state index contributed by atoms with van der Waals surface area (Å²) in [5.74, 6) is 0.237. The molecule has 1 unspecified atom stereocenters. The lowest BCUT2D eigenvalue weighted by Crippen LogP contribution is -2.50. The van der Waals surface area contributed by atoms with Crippen molar-refractivity contribution in [2.45, 2.75) is 24.6 Å². The summed E-state index contributed by atoms with van der Waals surface area (Å²) < 4.78 is 28.2. The lowest BCUT2D eigenvalue weighted by Gasteiger charge is -2.40. The van der Waals surface area contributed by atoms with E-state index in [1.807, 2.05) is 24.3 Å². The first kappa shape index (κ1) is 17.5. The van der Waals surface area contributed by atoms with Crippen molar-refractivity contribution in [3.63, 3.8) is 0 Å². The van der Waals surface area contributed by atoms with Crippen LogP contribution in [0.25, 0.3) is 0 Å². The third-order valence-electron chi connectivity index (χ3n) is 4.41. The van der Waals surface area contributed by atoms with E-state index in [1.165, 1.54) is 6.26 Å². The van der Waals surface area contributed by atoms with Crippen LogP contribution in [0.5, 0.6) is 5.75 Å². The fourth-order valence-corrected chi connectivity index (χ4v) is 3.00. The van der Waals surface area contributed by atoms with Gasteiger partial charge in [0.05, 0.1) is 20.0 Å². The molecule has 140 valence electrons. The molecule has 0 aliphatic carbocycles. The van der Waals surface area contributed by atoms with Crippen LogP contribution < -0.4 is 4.74 Å². The summed E-state index contributed by atoms with van der Waals surface area (Å²) in [4.78, 5) is 16.4. The lowest BCUT2D eigenvalue weighted by molar-refractivity contribution is -0.276. The molecular formula is C20H19NO6. The van der Waals surface area contributed by atoms with Gasteiger partial charge in [0.15, 0.2) is 18.5 Å². The fraction of sp³-hybridized carbons (Fsp3) is 0.300. The number of carbonyl (C=O) groups excluding carboxylic acids is 1. The molecular weight excluding hydrogens is 350 g/mol. The molecule has 2 aromatic rings. The number of methoxy groups -OCH3 is 1. The van der Waals surface area contributed by atoms with E-state index in [1.54, 1.807) is 37.6 Å². The first-order valence-corrected chi connectivity index (χ1v) is 8.60. The van der Waals surface area contributed by atoms with Crippen molar-refractivity contribution in [2.24, 2.45) is 0 Å². The Morgan fingerprint density at radius 2 is 2.04 bits per heavy atom. The zero-order chi connectivity index (χ0) is 18.6. The van der Waals surface area contributed by atoms with E-state index in [4.69, 9.17) is 23.7 Å². The molecule has 1 aromatic heterocycles. The second-order valence-electron chi connectivity index (χ2n) is 6.13. The molecule has 4 atom stereocenters. The van der Waals surface area contributed by atoms with Crippen LogP contribution in [0.3, 0.4) is 0 Å². The molecule has 4 rings (SSSR count). The number of rotatable bonds is 4. The van der Waals surface area contributed by atoms with Crippen molar-refractivity contribution in [1.29, 1.82) is 0 Å². The number of hydrogen-bond donors (Lipinski definition) is 0. The SMILES string of the molecule is COc1ccc(C2OC[C@H]3OC=C[C@@H](OC(=O)c4ccccn4)[C@@H]3O2)cc1. The number of hydrogen-bond acceptors (Lipinski definition) is 7. The summed E-state index contributed by atoms with van der Waals surface area (Å²) in [5, 5.41) is 0. The molecule has 1 fully saturated rings. The number of esters is 1. The summed E-state index contributed by atoms with van der Waals surface area (Å²) in [5.41, 5.74) is 1.09. The van der Waals surface area contributed by atoms with E-state index < -0.39 is 24.5 Å². The van der Waals surface area contributed by atoms with Crippen LogP contribution in [0, 0.1) is 0 Å². The third-order valence-corrected chi connectivity index (χ3v) is 4.41. The summed E-state index contributed by atoms with van der Waals surface area (Å²) in [6, 6.07) is 12.5. The van der Waals surface area contributed by atoms with Crippen molar-refractivity contribution in [2.75, 3.05) is 13.7 Å². The van der Waals surface area contributed by atoms with Crippen LogP contribution in [-0.4, -0.2) is 43.0 Å². The highest BCUT2D eigenvalue weighted by Crippen LogP contribution is 2.33. The maximum Gasteiger partial charge on any atom is 0.357 e. The Bertz CT molecular complexity index is 807. The van der Waals surface area contributed by atoms with Gasteiger partial charge in [-0.3, -0.25) is 0 Å². The predicted octanol–water partition coefficient (Wildman–Crippen LogP) is 2.64. The smallest absolute Gasteiger partial charge is 0.357 e. The summed E-state index contributed by atoms with van der Waals surface area (Å²) in [6.07, 6.45) is 2.71. The van der Waals surface area contributed by atoms with E-state index in [0.717, 1.165) is 11.3 Å². The number of fused-ring (bicyclic) bond motifs is 1. The van der Waals surface area contributed by atoms with Crippen molar-refractivity contribution in [1.82, 2.24) is 4.98 Å². The maximum absolute atomic E-state index is 12.3. The zero-order valence-electron chi connectivity index (χ0n) is 14.7. The second-order valence-corrected chi connectivity index (χ2v) is 6.13. The largest absolute Gasteiger partial charge is 0.497 e. The van der Waals surface area contributed by atoms with Crippen molar-refractivity contribution in [3.05, 3.63) is 72.3 Å². The van der Waals surface area contributed by atoms with Gasteiger partial charge in [0.25, 0.3) is 0 Å². The first-order chi connectivity index (χ1) is 13.2. The van der Waals surface area contributed by atoms with Crippen LogP contribution in [0.1, 0.15) is 22.3 Å². The van der Waals surface area contributed by atoms with E-state index in [9.17, 15) is 4.79 Å². The van der Waals surface area contributed by atoms with Gasteiger partial charge in [0.1, 0.15) is 17.5 Å². The average Bonchev–Trinajstić information content (AvgIpc) is 2.74. The Balaban J connectivity index is 1.48. The Hall–Kier alpha value is -2.90. The van der Waals surface area contributed by atoms with E-state index >= 15 is 0 Å². The number of benzene rings is 1. The van der Waals surface area contributed by atoms with Crippen molar-refractivity contribution >= 4 is 5.97 Å². The standard InChI is InChI=1S/C20H19NO6/c1-23-14-7-5-13(6-8-14)20-25-12-17-18(27-20)16(9-11-24-17)26-19(22)15-4-2-3-10-21-15/h2-11,16-18,20H,12H2,1H3/t16-,17-,18+,20?/m1/s1. The highest BCUT2D eigenvalue weighted by atomic mass is 16.7. The van der Waals surface area contributed by atoms with Crippen LogP contribution in [-0.2, 0) is 18.9 Å². The topological polar surface area (TPSA) is 76.1 Å². The predicted molar refractivity (Wildman–Crippen MR) is 94.0 cm³/mol. The van der Waals surface area contributed by atoms with Gasteiger partial charge in [0, 0.05) is 11.8 Å². The molecule has 7 nitrogen and oxygen atoms in total. The molecule has 1 saturated heterocycles. The summed E-state index contributed by atoms with van der Waals surface area (Å²) in [6.45, 7) is 0.323. The molecule has 27 heavy (non-hydrogen) atoms. The highest BCUT2D eigenvalue weighted by Gasteiger charge is 2.42. The summed E-state index contributed by atoms with van der Waals surface area (Å²) in [7, 11) is 1.61. The van der Waals surface area contributed by atoms with E-state index in [0.29, 0.717) is 6.61 Å². The maximum atomic E-state index is 12.3. The minimum absolute atomic E-state index is 0.243. The average molecular weight is 369 g/mol. The van der Waals surface area contributed by atoms with Gasteiger partial charge in [-0.25, -0.2) is 9.78 Å². The number of aromatic nitrogens is 1. The van der Waals surface area contributed by atoms with Gasteiger partial charge in [-0.1, -0.05) is 18.2 Å². The van der Waals surface area contributed by atoms with Crippen LogP contribution in [0.4, 0.5) is 0 Å². The zero-order valence-corrected chi connectivity index (χ0v) is 14.7. The van der Waals surface area contributed by atoms with Gasteiger partial charge in [0.2, 0.25) is 0 Å². The molecule has 0 saturated carbocycles. The van der Waals surface area contributed by atoms with Crippen molar-refractivity contribution < 1.29 is 28.5 Å². The minimum atomic E-state index is -0.595. The van der Waals surface area contributed by atoms with Crippen molar-refractivity contribution in [3.8, 4) is 5.75 Å². The molecule has 2 aliphatic heterocycles. The molecule has 2 aliphatic rings. The molecule has 0 bridgehead atoms. The minimum Gasteiger partial charge on any atom is -0.497 e. The quantitative estimate of drug-likeness (QED) is 0.767. The molecule has 3 heterocycles. The number of carbonyl (C=O) groups is 1. The van der Waals surface area contributed by atoms with Crippen LogP contribution >= 0.6 is 0 Å². The van der Waals surface area contributed by atoms with Crippen LogP contribution in [0.2, 0.25) is 0 Å². The Kier molecular flexibility index (Phi) is 5.04. The Labute approximate surface area is 156 Å². The Morgan fingerprint density at radius 3 is 2.78 bits per heavy atom. The number of nitrogens with zero attached hydrogens (tertiary/aromatic N) is 1. The second kappa shape index (κ2) is 7.77. The van der Waals surface area contributed by atoms with Gasteiger partial charge < -0.3 is 23.7 Å². The van der Waals surface area contributed by atoms with Crippen LogP contribution in [0.15, 0.2) is 61.0 Å². The first-order valence-electron chi connectivity index (χ1n) is 8.60. The van der Waals surface area contributed by atoms with Gasteiger partial charge in [-0.15, -0.1) is 0 Å². The van der Waals surface area contributed by atoms with E-state index in [-0.39, 0.29) is 11.8 Å². The Morgan fingerprint density at radius 1 is 1.19 bits per heavy atom. The third kappa shape index (κ3) is 3.79. The molecule has 7 heteroatoms. The molecule has 0 N–H and O–H groups in total. The molecule has 0 spiro atoms. The van der Waals surface area contributed by atoms with Gasteiger partial charge in [-0.05, 0) is 30.3 Å². The van der Waals surface area contributed by atoms with Gasteiger partial charge in [-0.2, -0.15) is 0 Å². The molecule has 0 amide bonds. The normalized spacial score (nSPS) is 26.6. The number of pyridine rings is 1. The van der Waals surface area contributed by atoms with Gasteiger partial charge >= 0.3 is 5.97 Å².